The van der Waals surface area contributed by atoms with Crippen LogP contribution in [0.3, 0.4) is 0 Å². The Morgan fingerprint density at radius 3 is 2.66 bits per heavy atom. The summed E-state index contributed by atoms with van der Waals surface area (Å²) in [6.07, 6.45) is 0. The van der Waals surface area contributed by atoms with E-state index in [9.17, 15) is 14.0 Å². The molecule has 0 aliphatic rings. The Labute approximate surface area is 171 Å². The molecule has 0 saturated carbocycles. The quantitative estimate of drug-likeness (QED) is 0.550. The third-order valence-electron chi connectivity index (χ3n) is 4.04. The monoisotopic (exact) mass is 414 g/mol. The molecule has 0 radical (unpaired) electrons. The Balaban J connectivity index is 1.71. The fourth-order valence-corrected chi connectivity index (χ4v) is 3.55. The topological polar surface area (TPSA) is 68.7 Å². The van der Waals surface area contributed by atoms with Crippen molar-refractivity contribution in [2.75, 3.05) is 12.0 Å². The van der Waals surface area contributed by atoms with Crippen LogP contribution in [0.1, 0.15) is 28.5 Å². The summed E-state index contributed by atoms with van der Waals surface area (Å²) in [4.78, 5) is 30.2. The number of esters is 1. The fraction of sp³-hybridized carbons (Fsp3) is 0.190. The molecule has 0 atom stereocenters. The summed E-state index contributed by atoms with van der Waals surface area (Å²) in [5.74, 6) is -1.45. The van der Waals surface area contributed by atoms with E-state index < -0.39 is 11.8 Å². The lowest BCUT2D eigenvalue weighted by molar-refractivity contribution is -0.115. The third-order valence-corrected chi connectivity index (χ3v) is 4.92. The Bertz CT molecular complexity index is 1050. The summed E-state index contributed by atoms with van der Waals surface area (Å²) in [6.45, 7) is 3.31. The average molecular weight is 414 g/mol. The zero-order valence-corrected chi connectivity index (χ0v) is 17.0. The summed E-state index contributed by atoms with van der Waals surface area (Å²) in [5.41, 5.74) is 2.30. The smallest absolute Gasteiger partial charge is 0.338 e. The van der Waals surface area contributed by atoms with E-state index >= 15 is 0 Å². The van der Waals surface area contributed by atoms with Crippen LogP contribution in [0.5, 0.6) is 5.75 Å². The summed E-state index contributed by atoms with van der Waals surface area (Å²) >= 11 is 1.27. The molecule has 1 aromatic heterocycles. The van der Waals surface area contributed by atoms with Crippen molar-refractivity contribution in [2.24, 2.45) is 0 Å². The minimum Gasteiger partial charge on any atom is -0.494 e. The van der Waals surface area contributed by atoms with Gasteiger partial charge in [0.1, 0.15) is 6.61 Å². The molecule has 150 valence electrons. The Hall–Kier alpha value is -3.26. The molecule has 6 nitrogen and oxygen atoms in total. The molecule has 0 aliphatic carbocycles. The van der Waals surface area contributed by atoms with E-state index in [1.165, 1.54) is 42.4 Å². The largest absolute Gasteiger partial charge is 0.494 e. The van der Waals surface area contributed by atoms with Crippen molar-refractivity contribution < 1.29 is 23.5 Å². The molecule has 2 aromatic carbocycles. The van der Waals surface area contributed by atoms with Crippen LogP contribution in [-0.2, 0) is 16.1 Å². The van der Waals surface area contributed by atoms with E-state index in [0.29, 0.717) is 16.5 Å². The van der Waals surface area contributed by atoms with E-state index in [4.69, 9.17) is 9.47 Å². The van der Waals surface area contributed by atoms with Crippen LogP contribution in [0.15, 0.2) is 47.8 Å². The van der Waals surface area contributed by atoms with Crippen LogP contribution < -0.4 is 9.64 Å². The number of thiazole rings is 1. The molecule has 1 amide bonds. The number of hydrogen-bond acceptors (Lipinski definition) is 6. The summed E-state index contributed by atoms with van der Waals surface area (Å²) < 4.78 is 23.8. The maximum Gasteiger partial charge on any atom is 0.338 e. The Morgan fingerprint density at radius 2 is 2.00 bits per heavy atom. The van der Waals surface area contributed by atoms with Crippen LogP contribution >= 0.6 is 11.3 Å². The van der Waals surface area contributed by atoms with Gasteiger partial charge in [-0.1, -0.05) is 12.1 Å². The first-order valence-electron chi connectivity index (χ1n) is 8.71. The van der Waals surface area contributed by atoms with Crippen molar-refractivity contribution >= 4 is 34.0 Å². The number of halogens is 1. The maximum atomic E-state index is 13.8. The lowest BCUT2D eigenvalue weighted by Gasteiger charge is -2.18. The predicted octanol–water partition coefficient (Wildman–Crippen LogP) is 4.64. The van der Waals surface area contributed by atoms with Crippen LogP contribution in [-0.4, -0.2) is 24.0 Å². The first-order valence-corrected chi connectivity index (χ1v) is 9.59. The summed E-state index contributed by atoms with van der Waals surface area (Å²) in [6, 6.07) is 11.4. The molecule has 29 heavy (non-hydrogen) atoms. The maximum absolute atomic E-state index is 13.8. The highest BCUT2D eigenvalue weighted by Crippen LogP contribution is 2.29. The highest BCUT2D eigenvalue weighted by atomic mass is 32.1. The number of rotatable bonds is 6. The van der Waals surface area contributed by atoms with Gasteiger partial charge in [-0.15, -0.1) is 11.3 Å². The van der Waals surface area contributed by atoms with Gasteiger partial charge in [-0.05, 0) is 42.8 Å². The van der Waals surface area contributed by atoms with Gasteiger partial charge in [0.2, 0.25) is 5.91 Å². The highest BCUT2D eigenvalue weighted by molar-refractivity contribution is 7.14. The van der Waals surface area contributed by atoms with E-state index in [2.05, 4.69) is 4.98 Å². The SMILES string of the molecule is COc1ccc(C(=O)OCc2csc(N(C(C)=O)c3cccc(C)c3)n2)cc1F. The van der Waals surface area contributed by atoms with Gasteiger partial charge in [0.15, 0.2) is 16.7 Å². The van der Waals surface area contributed by atoms with Gasteiger partial charge in [-0.25, -0.2) is 14.2 Å². The van der Waals surface area contributed by atoms with E-state index in [1.54, 1.807) is 5.38 Å². The molecule has 0 fully saturated rings. The van der Waals surface area contributed by atoms with Crippen LogP contribution in [0.2, 0.25) is 0 Å². The van der Waals surface area contributed by atoms with Crippen molar-refractivity contribution in [1.29, 1.82) is 0 Å². The molecule has 0 aliphatic heterocycles. The van der Waals surface area contributed by atoms with Gasteiger partial charge in [0.25, 0.3) is 0 Å². The van der Waals surface area contributed by atoms with Gasteiger partial charge < -0.3 is 9.47 Å². The Kier molecular flexibility index (Phi) is 6.23. The van der Waals surface area contributed by atoms with Gasteiger partial charge in [-0.3, -0.25) is 9.69 Å². The molecule has 0 spiro atoms. The first kappa shape index (κ1) is 20.5. The number of nitrogens with zero attached hydrogens (tertiary/aromatic N) is 2. The van der Waals surface area contributed by atoms with Crippen molar-refractivity contribution in [3.05, 3.63) is 70.5 Å². The normalized spacial score (nSPS) is 10.5. The number of anilines is 2. The average Bonchev–Trinajstić information content (AvgIpc) is 3.14. The second-order valence-corrected chi connectivity index (χ2v) is 7.08. The van der Waals surface area contributed by atoms with E-state index in [0.717, 1.165) is 11.6 Å². The van der Waals surface area contributed by atoms with Crippen molar-refractivity contribution in [3.63, 3.8) is 0 Å². The third kappa shape index (κ3) is 4.78. The molecule has 3 aromatic rings. The second kappa shape index (κ2) is 8.83. The standard InChI is InChI=1S/C21H19FN2O4S/c1-13-5-4-6-17(9-13)24(14(2)25)21-23-16(12-29-21)11-28-20(26)15-7-8-19(27-3)18(22)10-15/h4-10,12H,11H2,1-3H3. The molecule has 8 heteroatoms. The van der Waals surface area contributed by atoms with Crippen LogP contribution in [0.25, 0.3) is 0 Å². The minimum atomic E-state index is -0.678. The fourth-order valence-electron chi connectivity index (χ4n) is 2.68. The Morgan fingerprint density at radius 1 is 1.21 bits per heavy atom. The number of aryl methyl sites for hydroxylation is 1. The van der Waals surface area contributed by atoms with E-state index in [1.807, 2.05) is 31.2 Å². The molecule has 1 heterocycles. The van der Waals surface area contributed by atoms with Gasteiger partial charge in [0.05, 0.1) is 24.1 Å². The zero-order valence-electron chi connectivity index (χ0n) is 16.1. The number of methoxy groups -OCH3 is 1. The number of benzene rings is 2. The number of carbonyl (C=O) groups excluding carboxylic acids is 2. The number of hydrogen-bond donors (Lipinski definition) is 0. The van der Waals surface area contributed by atoms with Gasteiger partial charge in [0, 0.05) is 12.3 Å². The van der Waals surface area contributed by atoms with Crippen molar-refractivity contribution in [1.82, 2.24) is 4.98 Å². The summed E-state index contributed by atoms with van der Waals surface area (Å²) in [5, 5.41) is 2.19. The lowest BCUT2D eigenvalue weighted by atomic mass is 10.2. The van der Waals surface area contributed by atoms with Crippen LogP contribution in [0, 0.1) is 12.7 Å². The van der Waals surface area contributed by atoms with Crippen molar-refractivity contribution in [2.45, 2.75) is 20.5 Å². The molecule has 0 bridgehead atoms. The number of amides is 1. The van der Waals surface area contributed by atoms with Gasteiger partial charge in [-0.2, -0.15) is 0 Å². The zero-order chi connectivity index (χ0) is 21.0. The number of carbonyl (C=O) groups is 2. The highest BCUT2D eigenvalue weighted by Gasteiger charge is 2.19. The molecule has 0 saturated heterocycles. The molecule has 0 N–H and O–H groups in total. The first-order chi connectivity index (χ1) is 13.9. The van der Waals surface area contributed by atoms with E-state index in [-0.39, 0.29) is 23.8 Å². The molecular formula is C21H19FN2O4S. The predicted molar refractivity (Wildman–Crippen MR) is 108 cm³/mol. The second-order valence-electron chi connectivity index (χ2n) is 6.24. The lowest BCUT2D eigenvalue weighted by Crippen LogP contribution is -2.22. The molecule has 0 unspecified atom stereocenters. The molecular weight excluding hydrogens is 395 g/mol. The number of ether oxygens (including phenoxy) is 2. The number of aromatic nitrogens is 1. The molecule has 3 rings (SSSR count). The minimum absolute atomic E-state index is 0.0474. The summed E-state index contributed by atoms with van der Waals surface area (Å²) in [7, 11) is 1.34. The van der Waals surface area contributed by atoms with Gasteiger partial charge >= 0.3 is 5.97 Å². The van der Waals surface area contributed by atoms with Crippen molar-refractivity contribution in [3.8, 4) is 5.75 Å². The van der Waals surface area contributed by atoms with Crippen LogP contribution in [0.4, 0.5) is 15.2 Å².